The molecule has 7 heteroatoms. The highest BCUT2D eigenvalue weighted by Crippen LogP contribution is 2.19. The topological polar surface area (TPSA) is 84.2 Å². The Morgan fingerprint density at radius 1 is 1.56 bits per heavy atom. The van der Waals surface area contributed by atoms with Gasteiger partial charge in [-0.1, -0.05) is 11.6 Å². The predicted molar refractivity (Wildman–Crippen MR) is 75.1 cm³/mol. The Morgan fingerprint density at radius 3 is 2.78 bits per heavy atom. The van der Waals surface area contributed by atoms with E-state index in [2.05, 4.69) is 10.7 Å². The van der Waals surface area contributed by atoms with Gasteiger partial charge in [-0.2, -0.15) is 0 Å². The van der Waals surface area contributed by atoms with Crippen LogP contribution in [0.5, 0.6) is 0 Å². The van der Waals surface area contributed by atoms with Crippen molar-refractivity contribution in [1.82, 2.24) is 5.32 Å². The lowest BCUT2D eigenvalue weighted by molar-refractivity contribution is 0.0944. The fraction of sp³-hybridized carbons (Fsp3) is 0.364. The number of hydrazine groups is 1. The number of halogens is 1. The van der Waals surface area contributed by atoms with Gasteiger partial charge in [0.05, 0.1) is 11.3 Å². The number of nitrogens with one attached hydrogen (secondary N) is 2. The van der Waals surface area contributed by atoms with E-state index in [1.54, 1.807) is 25.3 Å². The van der Waals surface area contributed by atoms with E-state index in [1.807, 2.05) is 0 Å². The van der Waals surface area contributed by atoms with Gasteiger partial charge in [0.2, 0.25) is 0 Å². The number of nitrogens with two attached hydrogens (primary N) is 1. The first-order valence-corrected chi connectivity index (χ1v) is 7.41. The van der Waals surface area contributed by atoms with Crippen molar-refractivity contribution in [2.24, 2.45) is 5.84 Å². The van der Waals surface area contributed by atoms with Crippen LogP contribution in [0.2, 0.25) is 5.02 Å². The Bertz CT molecular complexity index is 468. The van der Waals surface area contributed by atoms with E-state index in [0.717, 1.165) is 0 Å². The van der Waals surface area contributed by atoms with Crippen LogP contribution in [0, 0.1) is 0 Å². The molecule has 0 aliphatic carbocycles. The molecular formula is C11H16ClN3O2S. The average molecular weight is 290 g/mol. The van der Waals surface area contributed by atoms with Gasteiger partial charge in [0.15, 0.2) is 0 Å². The van der Waals surface area contributed by atoms with E-state index in [-0.39, 0.29) is 11.9 Å². The standard InChI is InChI=1S/C11H16ClN3O2S/c1-7(6-18(2)17)14-11(16)9-5-8(12)3-4-10(9)15-13/h3-5,7,15H,6,13H2,1-2H3,(H,14,16). The van der Waals surface area contributed by atoms with E-state index in [0.29, 0.717) is 22.0 Å². The number of anilines is 1. The van der Waals surface area contributed by atoms with E-state index in [9.17, 15) is 9.00 Å². The number of carbonyl (C=O) groups excluding carboxylic acids is 1. The third kappa shape index (κ3) is 4.29. The summed E-state index contributed by atoms with van der Waals surface area (Å²) in [4.78, 5) is 12.0. The van der Waals surface area contributed by atoms with Crippen LogP contribution in [0.4, 0.5) is 5.69 Å². The molecule has 5 nitrogen and oxygen atoms in total. The summed E-state index contributed by atoms with van der Waals surface area (Å²) in [5, 5.41) is 3.19. The van der Waals surface area contributed by atoms with Crippen LogP contribution >= 0.6 is 11.6 Å². The molecule has 18 heavy (non-hydrogen) atoms. The smallest absolute Gasteiger partial charge is 0.253 e. The van der Waals surface area contributed by atoms with Crippen LogP contribution in [0.15, 0.2) is 18.2 Å². The minimum absolute atomic E-state index is 0.187. The summed E-state index contributed by atoms with van der Waals surface area (Å²) in [7, 11) is -0.961. The summed E-state index contributed by atoms with van der Waals surface area (Å²) >= 11 is 5.84. The number of carbonyl (C=O) groups is 1. The molecule has 1 aromatic carbocycles. The van der Waals surface area contributed by atoms with Gasteiger partial charge in [-0.3, -0.25) is 14.8 Å². The lowest BCUT2D eigenvalue weighted by Crippen LogP contribution is -2.36. The summed E-state index contributed by atoms with van der Waals surface area (Å²) in [5.74, 6) is 5.43. The van der Waals surface area contributed by atoms with Crippen molar-refractivity contribution in [3.63, 3.8) is 0 Å². The third-order valence-electron chi connectivity index (χ3n) is 2.24. The number of hydrogen-bond donors (Lipinski definition) is 3. The fourth-order valence-corrected chi connectivity index (χ4v) is 2.49. The fourth-order valence-electron chi connectivity index (χ4n) is 1.53. The minimum Gasteiger partial charge on any atom is -0.349 e. The molecule has 4 N–H and O–H groups in total. The monoisotopic (exact) mass is 289 g/mol. The molecule has 0 spiro atoms. The van der Waals surface area contributed by atoms with Gasteiger partial charge in [-0.15, -0.1) is 0 Å². The van der Waals surface area contributed by atoms with Crippen LogP contribution in [0.1, 0.15) is 17.3 Å². The highest BCUT2D eigenvalue weighted by atomic mass is 35.5. The highest BCUT2D eigenvalue weighted by Gasteiger charge is 2.14. The Labute approximate surface area is 114 Å². The van der Waals surface area contributed by atoms with Crippen LogP contribution < -0.4 is 16.6 Å². The number of rotatable bonds is 5. The number of hydrogen-bond acceptors (Lipinski definition) is 4. The molecule has 0 saturated heterocycles. The molecule has 1 rings (SSSR count). The molecule has 2 unspecified atom stereocenters. The summed E-state index contributed by atoms with van der Waals surface area (Å²) in [6.07, 6.45) is 1.59. The quantitative estimate of drug-likeness (QED) is 0.560. The number of amides is 1. The summed E-state index contributed by atoms with van der Waals surface area (Å²) in [5.41, 5.74) is 3.29. The lowest BCUT2D eigenvalue weighted by Gasteiger charge is -2.14. The first-order chi connectivity index (χ1) is 8.43. The molecule has 2 atom stereocenters. The maximum atomic E-state index is 12.0. The molecule has 0 fully saturated rings. The Kier molecular flexibility index (Phi) is 5.58. The van der Waals surface area contributed by atoms with Crippen molar-refractivity contribution in [2.75, 3.05) is 17.4 Å². The van der Waals surface area contributed by atoms with Crippen LogP contribution in [-0.4, -0.2) is 28.2 Å². The summed E-state index contributed by atoms with van der Waals surface area (Å²) in [6, 6.07) is 4.60. The Morgan fingerprint density at radius 2 is 2.22 bits per heavy atom. The van der Waals surface area contributed by atoms with E-state index in [1.165, 1.54) is 6.07 Å². The molecule has 0 heterocycles. The maximum absolute atomic E-state index is 12.0. The summed E-state index contributed by atoms with van der Waals surface area (Å²) < 4.78 is 11.1. The van der Waals surface area contributed by atoms with E-state index >= 15 is 0 Å². The Hall–Kier alpha value is -1.11. The number of nitrogen functional groups attached to an aromatic ring is 1. The molecule has 0 saturated carbocycles. The van der Waals surface area contributed by atoms with Crippen molar-refractivity contribution >= 4 is 34.0 Å². The molecule has 0 aliphatic heterocycles. The van der Waals surface area contributed by atoms with Gasteiger partial charge >= 0.3 is 0 Å². The van der Waals surface area contributed by atoms with Crippen molar-refractivity contribution in [3.8, 4) is 0 Å². The van der Waals surface area contributed by atoms with Crippen molar-refractivity contribution < 1.29 is 9.00 Å². The molecule has 1 amide bonds. The van der Waals surface area contributed by atoms with Crippen molar-refractivity contribution in [1.29, 1.82) is 0 Å². The van der Waals surface area contributed by atoms with Crippen molar-refractivity contribution in [2.45, 2.75) is 13.0 Å². The molecule has 0 aliphatic rings. The molecule has 0 aromatic heterocycles. The molecule has 100 valence electrons. The van der Waals surface area contributed by atoms with Crippen LogP contribution in [0.3, 0.4) is 0 Å². The largest absolute Gasteiger partial charge is 0.349 e. The van der Waals surface area contributed by atoms with Gasteiger partial charge in [-0.05, 0) is 25.1 Å². The van der Waals surface area contributed by atoms with Gasteiger partial charge in [0.1, 0.15) is 0 Å². The summed E-state index contributed by atoms with van der Waals surface area (Å²) in [6.45, 7) is 1.79. The SMILES string of the molecule is CC(CS(C)=O)NC(=O)c1cc(Cl)ccc1NN. The second kappa shape index (κ2) is 6.72. The lowest BCUT2D eigenvalue weighted by atomic mass is 10.1. The minimum atomic E-state index is -0.961. The zero-order chi connectivity index (χ0) is 13.7. The zero-order valence-electron chi connectivity index (χ0n) is 10.2. The maximum Gasteiger partial charge on any atom is 0.253 e. The van der Waals surface area contributed by atoms with Crippen LogP contribution in [0.25, 0.3) is 0 Å². The molecule has 0 radical (unpaired) electrons. The second-order valence-electron chi connectivity index (χ2n) is 3.95. The van der Waals surface area contributed by atoms with Gasteiger partial charge < -0.3 is 10.7 Å². The van der Waals surface area contributed by atoms with E-state index < -0.39 is 10.8 Å². The third-order valence-corrected chi connectivity index (χ3v) is 3.45. The van der Waals surface area contributed by atoms with Gasteiger partial charge in [0, 0.05) is 33.9 Å². The van der Waals surface area contributed by atoms with Gasteiger partial charge in [0.25, 0.3) is 5.91 Å². The first kappa shape index (κ1) is 14.9. The first-order valence-electron chi connectivity index (χ1n) is 5.31. The zero-order valence-corrected chi connectivity index (χ0v) is 11.8. The number of benzene rings is 1. The molecular weight excluding hydrogens is 274 g/mol. The van der Waals surface area contributed by atoms with Crippen LogP contribution in [-0.2, 0) is 10.8 Å². The van der Waals surface area contributed by atoms with Gasteiger partial charge in [-0.25, -0.2) is 0 Å². The predicted octanol–water partition coefficient (Wildman–Crippen LogP) is 1.12. The average Bonchev–Trinajstić information content (AvgIpc) is 2.27. The van der Waals surface area contributed by atoms with Crippen molar-refractivity contribution in [3.05, 3.63) is 28.8 Å². The molecule has 0 bridgehead atoms. The second-order valence-corrected chi connectivity index (χ2v) is 5.86. The normalized spacial score (nSPS) is 13.8. The molecule has 1 aromatic rings. The highest BCUT2D eigenvalue weighted by molar-refractivity contribution is 7.84. The Balaban J connectivity index is 2.83. The van der Waals surface area contributed by atoms with E-state index in [4.69, 9.17) is 17.4 Å².